The van der Waals surface area contributed by atoms with E-state index in [4.69, 9.17) is 4.84 Å². The van der Waals surface area contributed by atoms with Crippen molar-refractivity contribution in [2.75, 3.05) is 13.2 Å². The van der Waals surface area contributed by atoms with Crippen molar-refractivity contribution in [2.45, 2.75) is 51.2 Å². The number of oxime groups is 1. The summed E-state index contributed by atoms with van der Waals surface area (Å²) < 4.78 is 0. The quantitative estimate of drug-likeness (QED) is 0.596. The fourth-order valence-corrected chi connectivity index (χ4v) is 2.51. The monoisotopic (exact) mass is 291 g/mol. The van der Waals surface area contributed by atoms with E-state index in [1.54, 1.807) is 6.20 Å². The fourth-order valence-electron chi connectivity index (χ4n) is 2.51. The second-order valence-electron chi connectivity index (χ2n) is 5.58. The second kappa shape index (κ2) is 8.74. The Morgan fingerprint density at radius 2 is 2.24 bits per heavy atom. The Balaban J connectivity index is 1.65. The lowest BCUT2D eigenvalue weighted by molar-refractivity contribution is 0.0382. The SMILES string of the molecule is C/C(=N\OCC(O)CNC1CCCCC1)c1ccccn1. The molecule has 1 fully saturated rings. The van der Waals surface area contributed by atoms with Crippen LogP contribution < -0.4 is 5.32 Å². The van der Waals surface area contributed by atoms with E-state index in [1.165, 1.54) is 32.1 Å². The summed E-state index contributed by atoms with van der Waals surface area (Å²) in [7, 11) is 0. The lowest BCUT2D eigenvalue weighted by Crippen LogP contribution is -2.38. The first kappa shape index (κ1) is 15.9. The van der Waals surface area contributed by atoms with Gasteiger partial charge in [0, 0.05) is 18.8 Å². The summed E-state index contributed by atoms with van der Waals surface area (Å²) in [5.74, 6) is 0. The van der Waals surface area contributed by atoms with Gasteiger partial charge in [-0.15, -0.1) is 0 Å². The molecule has 0 radical (unpaired) electrons. The summed E-state index contributed by atoms with van der Waals surface area (Å²) in [4.78, 5) is 9.40. The molecule has 1 aromatic rings. The first-order valence-corrected chi connectivity index (χ1v) is 7.75. The largest absolute Gasteiger partial charge is 0.393 e. The molecule has 5 heteroatoms. The standard InChI is InChI=1S/C16H25N3O2/c1-13(16-9-5-6-10-17-16)19-21-12-15(20)11-18-14-7-3-2-4-8-14/h5-6,9-10,14-15,18,20H,2-4,7-8,11-12H2,1H3/b19-13+. The summed E-state index contributed by atoms with van der Waals surface area (Å²) in [5, 5.41) is 17.3. The van der Waals surface area contributed by atoms with E-state index in [0.717, 1.165) is 5.69 Å². The van der Waals surface area contributed by atoms with Gasteiger partial charge in [-0.05, 0) is 31.9 Å². The van der Waals surface area contributed by atoms with Crippen molar-refractivity contribution in [2.24, 2.45) is 5.16 Å². The third-order valence-electron chi connectivity index (χ3n) is 3.75. The molecule has 0 aromatic carbocycles. The van der Waals surface area contributed by atoms with Crippen LogP contribution in [0.5, 0.6) is 0 Å². The Morgan fingerprint density at radius 1 is 1.43 bits per heavy atom. The zero-order valence-corrected chi connectivity index (χ0v) is 12.7. The molecule has 21 heavy (non-hydrogen) atoms. The maximum absolute atomic E-state index is 9.89. The second-order valence-corrected chi connectivity index (χ2v) is 5.58. The van der Waals surface area contributed by atoms with Crippen LogP contribution in [0.15, 0.2) is 29.6 Å². The molecule has 1 atom stereocenters. The third kappa shape index (κ3) is 5.81. The van der Waals surface area contributed by atoms with E-state index < -0.39 is 6.10 Å². The number of rotatable bonds is 7. The molecule has 2 N–H and O–H groups in total. The predicted octanol–water partition coefficient (Wildman–Crippen LogP) is 2.11. The minimum atomic E-state index is -0.535. The molecule has 1 unspecified atom stereocenters. The van der Waals surface area contributed by atoms with E-state index in [-0.39, 0.29) is 6.61 Å². The minimum absolute atomic E-state index is 0.198. The van der Waals surface area contributed by atoms with Gasteiger partial charge < -0.3 is 15.3 Å². The van der Waals surface area contributed by atoms with Crippen molar-refractivity contribution in [1.29, 1.82) is 0 Å². The molecule has 0 saturated heterocycles. The first-order chi connectivity index (χ1) is 10.3. The Kier molecular flexibility index (Phi) is 6.63. The highest BCUT2D eigenvalue weighted by Crippen LogP contribution is 2.17. The lowest BCUT2D eigenvalue weighted by atomic mass is 9.95. The predicted molar refractivity (Wildman–Crippen MR) is 83.3 cm³/mol. The van der Waals surface area contributed by atoms with Crippen molar-refractivity contribution >= 4 is 5.71 Å². The average molecular weight is 291 g/mol. The van der Waals surface area contributed by atoms with Gasteiger partial charge in [-0.3, -0.25) is 4.98 Å². The van der Waals surface area contributed by atoms with Gasteiger partial charge >= 0.3 is 0 Å². The van der Waals surface area contributed by atoms with E-state index in [0.29, 0.717) is 18.3 Å². The van der Waals surface area contributed by atoms with Gasteiger partial charge in [0.25, 0.3) is 0 Å². The Labute approximate surface area is 126 Å². The molecule has 1 aliphatic carbocycles. The van der Waals surface area contributed by atoms with Crippen molar-refractivity contribution in [3.63, 3.8) is 0 Å². The van der Waals surface area contributed by atoms with Gasteiger partial charge in [0.15, 0.2) is 0 Å². The Morgan fingerprint density at radius 3 is 2.95 bits per heavy atom. The van der Waals surface area contributed by atoms with E-state index in [2.05, 4.69) is 15.5 Å². The van der Waals surface area contributed by atoms with Crippen LogP contribution in [0, 0.1) is 0 Å². The number of hydrogen-bond acceptors (Lipinski definition) is 5. The molecule has 2 rings (SSSR count). The first-order valence-electron chi connectivity index (χ1n) is 7.75. The lowest BCUT2D eigenvalue weighted by Gasteiger charge is -2.23. The smallest absolute Gasteiger partial charge is 0.144 e. The molecular formula is C16H25N3O2. The normalized spacial score (nSPS) is 18.5. The van der Waals surface area contributed by atoms with Crippen LogP contribution in [0.2, 0.25) is 0 Å². The molecule has 1 aromatic heterocycles. The molecule has 116 valence electrons. The number of aliphatic hydroxyl groups is 1. The molecule has 0 spiro atoms. The summed E-state index contributed by atoms with van der Waals surface area (Å²) in [6, 6.07) is 6.19. The zero-order valence-electron chi connectivity index (χ0n) is 12.7. The summed E-state index contributed by atoms with van der Waals surface area (Å²) in [6.07, 6.45) is 7.53. The fraction of sp³-hybridized carbons (Fsp3) is 0.625. The molecule has 0 bridgehead atoms. The van der Waals surface area contributed by atoms with Crippen LogP contribution in [0.1, 0.15) is 44.7 Å². The Bertz CT molecular complexity index is 430. The van der Waals surface area contributed by atoms with Crippen LogP contribution in [0.4, 0.5) is 0 Å². The van der Waals surface area contributed by atoms with Crippen LogP contribution in [0.3, 0.4) is 0 Å². The van der Waals surface area contributed by atoms with Crippen LogP contribution in [-0.2, 0) is 4.84 Å². The molecular weight excluding hydrogens is 266 g/mol. The average Bonchev–Trinajstić information content (AvgIpc) is 2.54. The van der Waals surface area contributed by atoms with Crippen LogP contribution >= 0.6 is 0 Å². The molecule has 1 saturated carbocycles. The molecule has 1 aliphatic rings. The highest BCUT2D eigenvalue weighted by Gasteiger charge is 2.14. The molecule has 0 aliphatic heterocycles. The number of aromatic nitrogens is 1. The van der Waals surface area contributed by atoms with Crippen molar-refractivity contribution in [3.05, 3.63) is 30.1 Å². The van der Waals surface area contributed by atoms with Gasteiger partial charge in [0.05, 0.1) is 5.69 Å². The van der Waals surface area contributed by atoms with Gasteiger partial charge in [0.2, 0.25) is 0 Å². The zero-order chi connectivity index (χ0) is 14.9. The van der Waals surface area contributed by atoms with Gasteiger partial charge in [0.1, 0.15) is 18.4 Å². The van der Waals surface area contributed by atoms with Gasteiger partial charge in [-0.25, -0.2) is 0 Å². The topological polar surface area (TPSA) is 66.7 Å². The van der Waals surface area contributed by atoms with Gasteiger partial charge in [-0.1, -0.05) is 30.5 Å². The highest BCUT2D eigenvalue weighted by atomic mass is 16.6. The van der Waals surface area contributed by atoms with E-state index in [9.17, 15) is 5.11 Å². The maximum atomic E-state index is 9.89. The van der Waals surface area contributed by atoms with Crippen LogP contribution in [-0.4, -0.2) is 41.1 Å². The summed E-state index contributed by atoms with van der Waals surface area (Å²) in [6.45, 7) is 2.60. The highest BCUT2D eigenvalue weighted by molar-refractivity contribution is 5.96. The summed E-state index contributed by atoms with van der Waals surface area (Å²) >= 11 is 0. The van der Waals surface area contributed by atoms with Crippen molar-refractivity contribution < 1.29 is 9.94 Å². The van der Waals surface area contributed by atoms with Crippen molar-refractivity contribution in [3.8, 4) is 0 Å². The number of nitrogens with zero attached hydrogens (tertiary/aromatic N) is 2. The molecule has 1 heterocycles. The summed E-state index contributed by atoms with van der Waals surface area (Å²) in [5.41, 5.74) is 1.50. The van der Waals surface area contributed by atoms with Gasteiger partial charge in [-0.2, -0.15) is 0 Å². The third-order valence-corrected chi connectivity index (χ3v) is 3.75. The van der Waals surface area contributed by atoms with Crippen molar-refractivity contribution in [1.82, 2.24) is 10.3 Å². The number of aliphatic hydroxyl groups excluding tert-OH is 1. The Hall–Kier alpha value is -1.46. The number of nitrogens with one attached hydrogen (secondary N) is 1. The van der Waals surface area contributed by atoms with E-state index >= 15 is 0 Å². The van der Waals surface area contributed by atoms with E-state index in [1.807, 2.05) is 25.1 Å². The van der Waals surface area contributed by atoms with Crippen LogP contribution in [0.25, 0.3) is 0 Å². The maximum Gasteiger partial charge on any atom is 0.144 e. The minimum Gasteiger partial charge on any atom is -0.393 e. The molecule has 0 amide bonds. The number of pyridine rings is 1. The molecule has 5 nitrogen and oxygen atoms in total. The number of hydrogen-bond donors (Lipinski definition) is 2.